The summed E-state index contributed by atoms with van der Waals surface area (Å²) in [5, 5.41) is 17.5. The molecule has 1 aromatic carbocycles. The Balaban J connectivity index is 1.92. The quantitative estimate of drug-likeness (QED) is 0.174. The maximum atomic E-state index is 13.4. The van der Waals surface area contributed by atoms with Crippen molar-refractivity contribution in [3.63, 3.8) is 0 Å². The molecule has 3 amide bonds. The number of pyridine rings is 1. The van der Waals surface area contributed by atoms with E-state index >= 15 is 0 Å². The van der Waals surface area contributed by atoms with Crippen molar-refractivity contribution in [2.45, 2.75) is 51.8 Å². The molecule has 0 unspecified atom stereocenters. The first-order valence-corrected chi connectivity index (χ1v) is 13.9. The van der Waals surface area contributed by atoms with Crippen LogP contribution >= 0.6 is 11.8 Å². The second-order valence-corrected chi connectivity index (χ2v) is 10.4. The van der Waals surface area contributed by atoms with Gasteiger partial charge in [0.25, 0.3) is 11.8 Å². The molecule has 41 heavy (non-hydrogen) atoms. The van der Waals surface area contributed by atoms with Crippen LogP contribution in [0.1, 0.15) is 48.4 Å². The van der Waals surface area contributed by atoms with Gasteiger partial charge in [0.05, 0.1) is 18.7 Å². The molecular weight excluding hydrogens is 548 g/mol. The minimum absolute atomic E-state index is 0.0112. The van der Waals surface area contributed by atoms with Crippen LogP contribution in [0.5, 0.6) is 5.75 Å². The second kappa shape index (κ2) is 15.4. The molecule has 1 aliphatic rings. The third-order valence-corrected chi connectivity index (χ3v) is 6.69. The number of nitrogens with one attached hydrogen (secondary N) is 3. The Kier molecular flexibility index (Phi) is 11.6. The van der Waals surface area contributed by atoms with Crippen LogP contribution in [0.25, 0.3) is 0 Å². The van der Waals surface area contributed by atoms with Crippen LogP contribution in [0, 0.1) is 0 Å². The van der Waals surface area contributed by atoms with Crippen molar-refractivity contribution >= 4 is 40.6 Å². The number of carbonyl (C=O) groups is 5. The summed E-state index contributed by atoms with van der Waals surface area (Å²) in [4.78, 5) is 67.6. The summed E-state index contributed by atoms with van der Waals surface area (Å²) in [6.07, 6.45) is 4.06. The van der Waals surface area contributed by atoms with E-state index in [1.165, 1.54) is 31.2 Å². The number of benzene rings is 1. The van der Waals surface area contributed by atoms with Crippen LogP contribution in [-0.2, 0) is 36.9 Å². The molecule has 1 aromatic heterocycles. The van der Waals surface area contributed by atoms with Crippen molar-refractivity contribution in [3.8, 4) is 5.75 Å². The van der Waals surface area contributed by atoms with Gasteiger partial charge >= 0.3 is 5.97 Å². The molecule has 0 radical (unpaired) electrons. The van der Waals surface area contributed by atoms with E-state index in [1.54, 1.807) is 43.3 Å². The van der Waals surface area contributed by atoms with Gasteiger partial charge in [0.15, 0.2) is 5.12 Å². The molecule has 3 rings (SSSR count). The molecule has 1 aliphatic heterocycles. The number of aromatic nitrogens is 1. The van der Waals surface area contributed by atoms with Crippen molar-refractivity contribution < 1.29 is 33.8 Å². The zero-order valence-electron chi connectivity index (χ0n) is 22.7. The fourth-order valence-corrected chi connectivity index (χ4v) is 4.33. The average Bonchev–Trinajstić information content (AvgIpc) is 2.94. The molecule has 0 fully saturated rings. The number of hydrogen-bond acceptors (Lipinski definition) is 9. The Morgan fingerprint density at radius 3 is 2.59 bits per heavy atom. The number of phenolic OH excluding ortho intramolecular Hbond substituents is 1. The van der Waals surface area contributed by atoms with E-state index in [1.807, 2.05) is 0 Å². The van der Waals surface area contributed by atoms with Gasteiger partial charge in [-0.25, -0.2) is 9.78 Å². The van der Waals surface area contributed by atoms with E-state index in [2.05, 4.69) is 20.9 Å². The van der Waals surface area contributed by atoms with E-state index in [4.69, 9.17) is 4.74 Å². The van der Waals surface area contributed by atoms with Crippen LogP contribution in [0.3, 0.4) is 0 Å². The molecular formula is C29H32N4O7S. The maximum Gasteiger partial charge on any atom is 0.329 e. The minimum Gasteiger partial charge on any atom is -0.508 e. The van der Waals surface area contributed by atoms with Crippen LogP contribution < -0.4 is 16.0 Å². The Bertz CT molecular complexity index is 1340. The highest BCUT2D eigenvalue weighted by atomic mass is 32.2. The summed E-state index contributed by atoms with van der Waals surface area (Å²) < 4.78 is 5.69. The first-order chi connectivity index (χ1) is 19.6. The number of amides is 3. The number of aromatic hydroxyl groups is 1. The molecule has 4 N–H and O–H groups in total. The molecule has 0 saturated heterocycles. The van der Waals surface area contributed by atoms with Crippen molar-refractivity contribution in [2.75, 3.05) is 5.75 Å². The minimum atomic E-state index is -1.19. The number of allylic oxidation sites excluding steroid dienone is 2. The van der Waals surface area contributed by atoms with Gasteiger partial charge in [0.1, 0.15) is 29.3 Å². The average molecular weight is 581 g/mol. The molecule has 2 atom stereocenters. The lowest BCUT2D eigenvalue weighted by molar-refractivity contribution is -0.151. The third-order valence-electron chi connectivity index (χ3n) is 5.85. The third kappa shape index (κ3) is 10.2. The van der Waals surface area contributed by atoms with E-state index in [0.29, 0.717) is 23.4 Å². The van der Waals surface area contributed by atoms with Gasteiger partial charge in [-0.2, -0.15) is 0 Å². The monoisotopic (exact) mass is 580 g/mol. The Hall–Kier alpha value is -4.45. The molecule has 12 heteroatoms. The number of rotatable bonds is 6. The predicted molar refractivity (Wildman–Crippen MR) is 152 cm³/mol. The summed E-state index contributed by atoms with van der Waals surface area (Å²) in [5.41, 5.74) is 0.993. The SMILES string of the molecule is C/C=C1\NC(=O)c2cccc(n2)CNC(=O)C[C@@H](/C=C/CCSC(C)=O)OC(=O)[C@H](Cc2ccc(O)cc2)NC1=O. The highest BCUT2D eigenvalue weighted by molar-refractivity contribution is 8.13. The lowest BCUT2D eigenvalue weighted by Gasteiger charge is -2.22. The second-order valence-electron chi connectivity index (χ2n) is 9.08. The molecule has 2 bridgehead atoms. The smallest absolute Gasteiger partial charge is 0.329 e. The summed E-state index contributed by atoms with van der Waals surface area (Å²) >= 11 is 1.16. The van der Waals surface area contributed by atoms with Crippen LogP contribution in [-0.4, -0.2) is 56.8 Å². The van der Waals surface area contributed by atoms with Gasteiger partial charge < -0.3 is 25.8 Å². The molecule has 2 aromatic rings. The number of ether oxygens (including phenoxy) is 1. The van der Waals surface area contributed by atoms with Crippen LogP contribution in [0.4, 0.5) is 0 Å². The number of thioether (sulfide) groups is 1. The lowest BCUT2D eigenvalue weighted by atomic mass is 10.1. The van der Waals surface area contributed by atoms with Gasteiger partial charge in [0.2, 0.25) is 5.91 Å². The maximum absolute atomic E-state index is 13.4. The van der Waals surface area contributed by atoms with Gasteiger partial charge in [-0.3, -0.25) is 19.2 Å². The van der Waals surface area contributed by atoms with E-state index < -0.39 is 35.8 Å². The van der Waals surface area contributed by atoms with E-state index in [-0.39, 0.29) is 41.6 Å². The summed E-state index contributed by atoms with van der Waals surface area (Å²) in [7, 11) is 0. The Morgan fingerprint density at radius 1 is 1.12 bits per heavy atom. The normalized spacial score (nSPS) is 19.8. The number of cyclic esters (lactones) is 1. The summed E-state index contributed by atoms with van der Waals surface area (Å²) in [5.74, 6) is -2.03. The van der Waals surface area contributed by atoms with Crippen LogP contribution in [0.15, 0.2) is 66.4 Å². The molecule has 0 spiro atoms. The van der Waals surface area contributed by atoms with E-state index in [9.17, 15) is 29.1 Å². The zero-order valence-corrected chi connectivity index (χ0v) is 23.5. The van der Waals surface area contributed by atoms with Crippen molar-refractivity contribution in [1.82, 2.24) is 20.9 Å². The Morgan fingerprint density at radius 2 is 1.88 bits per heavy atom. The van der Waals surface area contributed by atoms with Gasteiger partial charge in [-0.05, 0) is 49.2 Å². The highest BCUT2D eigenvalue weighted by Crippen LogP contribution is 2.14. The van der Waals surface area contributed by atoms with Gasteiger partial charge in [-0.1, -0.05) is 42.1 Å². The van der Waals surface area contributed by atoms with E-state index in [0.717, 1.165) is 11.8 Å². The summed E-state index contributed by atoms with van der Waals surface area (Å²) in [6.45, 7) is 3.06. The lowest BCUT2D eigenvalue weighted by Crippen LogP contribution is -2.47. The summed E-state index contributed by atoms with van der Waals surface area (Å²) in [6, 6.07) is 9.64. The van der Waals surface area contributed by atoms with Gasteiger partial charge in [0, 0.05) is 19.1 Å². The fraction of sp³-hybridized carbons (Fsp3) is 0.310. The molecule has 11 nitrogen and oxygen atoms in total. The molecule has 2 heterocycles. The number of phenols is 1. The van der Waals surface area contributed by atoms with Gasteiger partial charge in [-0.15, -0.1) is 0 Å². The molecule has 0 aliphatic carbocycles. The van der Waals surface area contributed by atoms with Crippen LogP contribution in [0.2, 0.25) is 0 Å². The predicted octanol–water partition coefficient (Wildman–Crippen LogP) is 2.31. The van der Waals surface area contributed by atoms with Crippen molar-refractivity contribution in [1.29, 1.82) is 0 Å². The standard InChI is InChI=1S/C29H32N4O7S/c1-3-23-27(37)33-25(15-19-10-12-21(35)13-11-19)29(39)40-22(8-4-5-14-41-18(2)34)16-26(36)30-17-20-7-6-9-24(31-20)28(38)32-23/h3-4,6-13,22,25,35H,5,14-17H2,1-2H3,(H,30,36)(H,32,38)(H,33,37)/b8-4+,23-3-/t22-,25+/m1/s1. The highest BCUT2D eigenvalue weighted by Gasteiger charge is 2.28. The molecule has 0 saturated carbocycles. The number of fused-ring (bicyclic) bond motifs is 2. The first kappa shape index (κ1) is 31.1. The fourth-order valence-electron chi connectivity index (χ4n) is 3.79. The van der Waals surface area contributed by atoms with Crippen molar-refractivity contribution in [3.05, 3.63) is 83.3 Å². The number of esters is 1. The molecule has 216 valence electrons. The zero-order chi connectivity index (χ0) is 29.8. The van der Waals surface area contributed by atoms with Crippen molar-refractivity contribution in [2.24, 2.45) is 0 Å². The topological polar surface area (TPSA) is 164 Å². The number of hydrogen-bond donors (Lipinski definition) is 4. The number of carbonyl (C=O) groups excluding carboxylic acids is 5. The number of nitrogens with zero attached hydrogens (tertiary/aromatic N) is 1. The largest absolute Gasteiger partial charge is 0.508 e. The Labute approximate surface area is 241 Å². The first-order valence-electron chi connectivity index (χ1n) is 12.9.